The zero-order chi connectivity index (χ0) is 11.3. The molecule has 0 spiro atoms. The molecule has 15 heavy (non-hydrogen) atoms. The zero-order valence-corrected chi connectivity index (χ0v) is 10.8. The SMILES string of the molecule is COP(=O)(OC)C(SC)c1ccccc1. The van der Waals surface area contributed by atoms with E-state index in [0.29, 0.717) is 0 Å². The fraction of sp³-hybridized carbons (Fsp3) is 0.400. The molecule has 0 aromatic heterocycles. The van der Waals surface area contributed by atoms with Crippen LogP contribution in [0.4, 0.5) is 0 Å². The van der Waals surface area contributed by atoms with E-state index >= 15 is 0 Å². The van der Waals surface area contributed by atoms with E-state index in [0.717, 1.165) is 5.56 Å². The fourth-order valence-electron chi connectivity index (χ4n) is 1.33. The maximum Gasteiger partial charge on any atom is 0.347 e. The van der Waals surface area contributed by atoms with Gasteiger partial charge < -0.3 is 9.05 Å². The van der Waals surface area contributed by atoms with Crippen LogP contribution in [0, 0.1) is 0 Å². The summed E-state index contributed by atoms with van der Waals surface area (Å²) in [7, 11) is -0.224. The van der Waals surface area contributed by atoms with Gasteiger partial charge in [-0.15, -0.1) is 11.8 Å². The van der Waals surface area contributed by atoms with Crippen LogP contribution >= 0.6 is 19.4 Å². The summed E-state index contributed by atoms with van der Waals surface area (Å²) >= 11 is 1.47. The van der Waals surface area contributed by atoms with Crippen molar-refractivity contribution in [1.29, 1.82) is 0 Å². The number of thioether (sulfide) groups is 1. The summed E-state index contributed by atoms with van der Waals surface area (Å²) in [6.07, 6.45) is 1.89. The lowest BCUT2D eigenvalue weighted by Crippen LogP contribution is -1.99. The van der Waals surface area contributed by atoms with Crippen molar-refractivity contribution < 1.29 is 13.6 Å². The van der Waals surface area contributed by atoms with Gasteiger partial charge in [0.05, 0.1) is 0 Å². The molecule has 1 atom stereocenters. The highest BCUT2D eigenvalue weighted by Crippen LogP contribution is 2.64. The summed E-state index contributed by atoms with van der Waals surface area (Å²) < 4.78 is 22.2. The van der Waals surface area contributed by atoms with Crippen molar-refractivity contribution in [2.75, 3.05) is 20.5 Å². The number of hydrogen-bond acceptors (Lipinski definition) is 4. The molecule has 0 aliphatic rings. The molecule has 0 aliphatic heterocycles. The standard InChI is InChI=1S/C10H15O3PS/c1-12-14(11,13-2)10(15-3)9-7-5-4-6-8-9/h4-8,10H,1-3H3. The van der Waals surface area contributed by atoms with Crippen LogP contribution < -0.4 is 0 Å². The maximum absolute atomic E-state index is 12.2. The van der Waals surface area contributed by atoms with Crippen LogP contribution in [0.5, 0.6) is 0 Å². The Bertz CT molecular complexity index is 334. The smallest absolute Gasteiger partial charge is 0.311 e. The molecule has 0 N–H and O–H groups in total. The Kier molecular flexibility index (Phi) is 4.87. The zero-order valence-electron chi connectivity index (χ0n) is 9.04. The second-order valence-electron chi connectivity index (χ2n) is 2.90. The molecule has 84 valence electrons. The van der Waals surface area contributed by atoms with Crippen molar-refractivity contribution in [3.63, 3.8) is 0 Å². The minimum Gasteiger partial charge on any atom is -0.311 e. The predicted octanol–water partition coefficient (Wildman–Crippen LogP) is 3.53. The van der Waals surface area contributed by atoms with Crippen LogP contribution in [0.25, 0.3) is 0 Å². The normalized spacial score (nSPS) is 13.8. The summed E-state index contributed by atoms with van der Waals surface area (Å²) in [4.78, 5) is -0.270. The average Bonchev–Trinajstić information content (AvgIpc) is 2.31. The fourth-order valence-corrected chi connectivity index (χ4v) is 4.38. The average molecular weight is 246 g/mol. The summed E-state index contributed by atoms with van der Waals surface area (Å²) in [5.74, 6) is 0. The molecule has 1 aromatic carbocycles. The molecule has 0 radical (unpaired) electrons. The molecule has 5 heteroatoms. The van der Waals surface area contributed by atoms with Gasteiger partial charge in [-0.25, -0.2) is 0 Å². The van der Waals surface area contributed by atoms with Crippen molar-refractivity contribution >= 4 is 19.4 Å². The summed E-state index contributed by atoms with van der Waals surface area (Å²) in [5, 5.41) is 0. The Morgan fingerprint density at radius 1 is 1.20 bits per heavy atom. The van der Waals surface area contributed by atoms with Gasteiger partial charge >= 0.3 is 7.60 Å². The van der Waals surface area contributed by atoms with Gasteiger partial charge in [0.15, 0.2) is 0 Å². The minimum absolute atomic E-state index is 0.270. The molecule has 1 rings (SSSR count). The van der Waals surface area contributed by atoms with E-state index in [4.69, 9.17) is 9.05 Å². The van der Waals surface area contributed by atoms with E-state index in [1.807, 2.05) is 36.6 Å². The van der Waals surface area contributed by atoms with Crippen LogP contribution in [0.1, 0.15) is 10.6 Å². The summed E-state index contributed by atoms with van der Waals surface area (Å²) in [6.45, 7) is 0. The lowest BCUT2D eigenvalue weighted by Gasteiger charge is -2.22. The molecule has 0 amide bonds. The van der Waals surface area contributed by atoms with Gasteiger partial charge in [0.25, 0.3) is 0 Å². The second kappa shape index (κ2) is 5.71. The minimum atomic E-state index is -3.05. The summed E-state index contributed by atoms with van der Waals surface area (Å²) in [6, 6.07) is 9.59. The molecular formula is C10H15O3PS. The number of hydrogen-bond donors (Lipinski definition) is 0. The van der Waals surface area contributed by atoms with E-state index in [9.17, 15) is 4.57 Å². The van der Waals surface area contributed by atoms with Crippen molar-refractivity contribution in [3.05, 3.63) is 35.9 Å². The van der Waals surface area contributed by atoms with Crippen LogP contribution in [0.2, 0.25) is 0 Å². The molecule has 3 nitrogen and oxygen atoms in total. The van der Waals surface area contributed by atoms with Gasteiger partial charge in [0, 0.05) is 14.2 Å². The Morgan fingerprint density at radius 3 is 2.13 bits per heavy atom. The van der Waals surface area contributed by atoms with Crippen molar-refractivity contribution in [2.45, 2.75) is 4.99 Å². The van der Waals surface area contributed by atoms with E-state index in [1.165, 1.54) is 26.0 Å². The molecule has 1 aromatic rings. The van der Waals surface area contributed by atoms with Crippen molar-refractivity contribution in [2.24, 2.45) is 0 Å². The van der Waals surface area contributed by atoms with Crippen LogP contribution in [0.3, 0.4) is 0 Å². The highest BCUT2D eigenvalue weighted by Gasteiger charge is 2.34. The Labute approximate surface area is 94.7 Å². The van der Waals surface area contributed by atoms with Gasteiger partial charge in [-0.1, -0.05) is 30.3 Å². The number of rotatable bonds is 5. The maximum atomic E-state index is 12.2. The monoisotopic (exact) mass is 246 g/mol. The summed E-state index contributed by atoms with van der Waals surface area (Å²) in [5.41, 5.74) is 0.956. The van der Waals surface area contributed by atoms with E-state index in [1.54, 1.807) is 0 Å². The van der Waals surface area contributed by atoms with Gasteiger partial charge in [0.2, 0.25) is 0 Å². The Balaban J connectivity index is 3.04. The highest BCUT2D eigenvalue weighted by atomic mass is 32.2. The third-order valence-corrected chi connectivity index (χ3v) is 6.12. The van der Waals surface area contributed by atoms with E-state index < -0.39 is 7.60 Å². The van der Waals surface area contributed by atoms with Crippen molar-refractivity contribution in [3.8, 4) is 0 Å². The van der Waals surface area contributed by atoms with Crippen molar-refractivity contribution in [1.82, 2.24) is 0 Å². The van der Waals surface area contributed by atoms with Gasteiger partial charge in [-0.3, -0.25) is 4.57 Å². The van der Waals surface area contributed by atoms with Crippen LogP contribution in [-0.4, -0.2) is 20.5 Å². The first kappa shape index (κ1) is 12.8. The lowest BCUT2D eigenvalue weighted by molar-refractivity contribution is 0.274. The molecular weight excluding hydrogens is 231 g/mol. The predicted molar refractivity (Wildman–Crippen MR) is 64.3 cm³/mol. The Hall–Kier alpha value is -0.280. The highest BCUT2D eigenvalue weighted by molar-refractivity contribution is 8.04. The third kappa shape index (κ3) is 2.85. The van der Waals surface area contributed by atoms with Crippen LogP contribution in [-0.2, 0) is 13.6 Å². The molecule has 0 aliphatic carbocycles. The molecule has 1 unspecified atom stereocenters. The Morgan fingerprint density at radius 2 is 1.73 bits per heavy atom. The number of benzene rings is 1. The topological polar surface area (TPSA) is 35.5 Å². The van der Waals surface area contributed by atoms with E-state index in [-0.39, 0.29) is 4.99 Å². The van der Waals surface area contributed by atoms with Crippen LogP contribution in [0.15, 0.2) is 30.3 Å². The van der Waals surface area contributed by atoms with Gasteiger partial charge in [0.1, 0.15) is 4.99 Å². The molecule has 0 heterocycles. The molecule has 0 fully saturated rings. The lowest BCUT2D eigenvalue weighted by atomic mass is 10.2. The van der Waals surface area contributed by atoms with Gasteiger partial charge in [-0.2, -0.15) is 0 Å². The quantitative estimate of drug-likeness (QED) is 0.744. The largest absolute Gasteiger partial charge is 0.347 e. The first-order valence-corrected chi connectivity index (χ1v) is 7.37. The molecule has 0 saturated carbocycles. The molecule has 0 bridgehead atoms. The third-order valence-electron chi connectivity index (χ3n) is 2.10. The first-order chi connectivity index (χ1) is 7.18. The van der Waals surface area contributed by atoms with Gasteiger partial charge in [-0.05, 0) is 11.8 Å². The first-order valence-electron chi connectivity index (χ1n) is 4.47. The second-order valence-corrected chi connectivity index (χ2v) is 6.52. The molecule has 0 saturated heterocycles. The van der Waals surface area contributed by atoms with E-state index in [2.05, 4.69) is 0 Å².